The third-order valence-corrected chi connectivity index (χ3v) is 4.46. The molecule has 0 spiro atoms. The zero-order valence-electron chi connectivity index (χ0n) is 13.5. The Hall–Kier alpha value is -2.80. The van der Waals surface area contributed by atoms with Crippen LogP contribution in [0.25, 0.3) is 6.08 Å². The second-order valence-corrected chi connectivity index (χ2v) is 6.08. The number of anilines is 1. The maximum Gasteiger partial charge on any atom is 0.298 e. The molecule has 5 nitrogen and oxygen atoms in total. The van der Waals surface area contributed by atoms with Gasteiger partial charge in [-0.3, -0.25) is 9.59 Å². The summed E-state index contributed by atoms with van der Waals surface area (Å²) in [6.45, 7) is 0. The highest BCUT2D eigenvalue weighted by atomic mass is 32.2. The summed E-state index contributed by atoms with van der Waals surface area (Å²) in [5.41, 5.74) is 0.609. The molecule has 128 valence electrons. The number of halogens is 1. The van der Waals surface area contributed by atoms with Crippen LogP contribution in [0.2, 0.25) is 0 Å². The molecule has 1 heterocycles. The van der Waals surface area contributed by atoms with Crippen molar-refractivity contribution in [3.05, 3.63) is 58.8 Å². The van der Waals surface area contributed by atoms with Crippen molar-refractivity contribution < 1.29 is 23.5 Å². The Kier molecular flexibility index (Phi) is 4.76. The fourth-order valence-electron chi connectivity index (χ4n) is 2.40. The predicted octanol–water partition coefficient (Wildman–Crippen LogP) is 4.08. The molecule has 0 unspecified atom stereocenters. The predicted molar refractivity (Wildman–Crippen MR) is 94.4 cm³/mol. The average Bonchev–Trinajstić information content (AvgIpc) is 2.89. The molecule has 1 aliphatic rings. The average molecular weight is 359 g/mol. The monoisotopic (exact) mass is 359 g/mol. The molecular formula is C18H14FNO4S. The van der Waals surface area contributed by atoms with E-state index >= 15 is 0 Å². The summed E-state index contributed by atoms with van der Waals surface area (Å²) in [5.74, 6) is -0.129. The first kappa shape index (κ1) is 17.0. The first-order chi connectivity index (χ1) is 12.0. The van der Waals surface area contributed by atoms with Crippen LogP contribution in [0, 0.1) is 5.82 Å². The Balaban J connectivity index is 1.95. The lowest BCUT2D eigenvalue weighted by molar-refractivity contribution is -0.113. The van der Waals surface area contributed by atoms with Crippen molar-refractivity contribution in [2.24, 2.45) is 0 Å². The summed E-state index contributed by atoms with van der Waals surface area (Å²) >= 11 is 0.763. The molecule has 25 heavy (non-hydrogen) atoms. The number of nitrogens with zero attached hydrogens (tertiary/aromatic N) is 1. The Morgan fingerprint density at radius 1 is 1.04 bits per heavy atom. The van der Waals surface area contributed by atoms with Gasteiger partial charge in [-0.15, -0.1) is 0 Å². The summed E-state index contributed by atoms with van der Waals surface area (Å²) in [6.07, 6.45) is 1.56. The van der Waals surface area contributed by atoms with Gasteiger partial charge in [0.25, 0.3) is 11.1 Å². The van der Waals surface area contributed by atoms with Gasteiger partial charge in [0.15, 0.2) is 11.5 Å². The molecule has 0 aliphatic carbocycles. The first-order valence-electron chi connectivity index (χ1n) is 7.29. The number of amides is 2. The summed E-state index contributed by atoms with van der Waals surface area (Å²) in [6, 6.07) is 10.8. The zero-order chi connectivity index (χ0) is 18.0. The Morgan fingerprint density at radius 2 is 1.76 bits per heavy atom. The number of carbonyl (C=O) groups is 2. The highest BCUT2D eigenvalue weighted by molar-refractivity contribution is 8.19. The molecule has 3 rings (SSSR count). The van der Waals surface area contributed by atoms with E-state index in [-0.39, 0.29) is 10.6 Å². The Bertz CT molecular complexity index is 881. The number of methoxy groups -OCH3 is 2. The largest absolute Gasteiger partial charge is 0.493 e. The lowest BCUT2D eigenvalue weighted by Crippen LogP contribution is -2.28. The number of hydrogen-bond acceptors (Lipinski definition) is 5. The molecule has 2 aromatic rings. The van der Waals surface area contributed by atoms with E-state index in [4.69, 9.17) is 9.47 Å². The second-order valence-electron chi connectivity index (χ2n) is 5.08. The Labute approximate surface area is 148 Å². The molecule has 0 aromatic heterocycles. The van der Waals surface area contributed by atoms with Crippen molar-refractivity contribution in [1.29, 1.82) is 0 Å². The Morgan fingerprint density at radius 3 is 2.44 bits per heavy atom. The second kappa shape index (κ2) is 6.98. The minimum Gasteiger partial charge on any atom is -0.493 e. The van der Waals surface area contributed by atoms with E-state index in [1.54, 1.807) is 30.3 Å². The molecule has 0 bridgehead atoms. The minimum atomic E-state index is -0.628. The van der Waals surface area contributed by atoms with Crippen LogP contribution in [0.3, 0.4) is 0 Å². The van der Waals surface area contributed by atoms with Gasteiger partial charge in [-0.1, -0.05) is 18.2 Å². The van der Waals surface area contributed by atoms with Crippen LogP contribution < -0.4 is 14.4 Å². The fraction of sp³-hybridized carbons (Fsp3) is 0.111. The zero-order valence-corrected chi connectivity index (χ0v) is 14.3. The van der Waals surface area contributed by atoms with Crippen LogP contribution in [0.5, 0.6) is 11.5 Å². The van der Waals surface area contributed by atoms with Crippen LogP contribution >= 0.6 is 11.8 Å². The smallest absolute Gasteiger partial charge is 0.298 e. The van der Waals surface area contributed by atoms with Gasteiger partial charge >= 0.3 is 0 Å². The lowest BCUT2D eigenvalue weighted by atomic mass is 10.2. The molecule has 1 saturated heterocycles. The van der Waals surface area contributed by atoms with E-state index in [9.17, 15) is 14.0 Å². The van der Waals surface area contributed by atoms with Crippen molar-refractivity contribution >= 4 is 34.7 Å². The molecule has 2 aromatic carbocycles. The fourth-order valence-corrected chi connectivity index (χ4v) is 3.24. The highest BCUT2D eigenvalue weighted by Crippen LogP contribution is 2.37. The molecular weight excluding hydrogens is 345 g/mol. The number of hydrogen-bond donors (Lipinski definition) is 0. The van der Waals surface area contributed by atoms with Crippen LogP contribution in [-0.4, -0.2) is 25.4 Å². The van der Waals surface area contributed by atoms with Crippen LogP contribution in [0.1, 0.15) is 5.56 Å². The van der Waals surface area contributed by atoms with Crippen molar-refractivity contribution in [3.8, 4) is 11.5 Å². The van der Waals surface area contributed by atoms with E-state index in [1.165, 1.54) is 32.4 Å². The third-order valence-electron chi connectivity index (χ3n) is 3.59. The first-order valence-corrected chi connectivity index (χ1v) is 8.11. The summed E-state index contributed by atoms with van der Waals surface area (Å²) < 4.78 is 24.3. The SMILES string of the molecule is COc1ccc(/C=C2\SC(=O)N(c3ccccc3F)C2=O)cc1OC. The van der Waals surface area contributed by atoms with Crippen molar-refractivity contribution in [2.75, 3.05) is 19.1 Å². The standard InChI is InChI=1S/C18H14FNO4S/c1-23-14-8-7-11(9-15(14)24-2)10-16-17(21)20(18(22)25-16)13-6-4-3-5-12(13)19/h3-10H,1-2H3/b16-10-. The normalized spacial score (nSPS) is 15.8. The van der Waals surface area contributed by atoms with E-state index in [0.717, 1.165) is 16.7 Å². The number of para-hydroxylation sites is 1. The van der Waals surface area contributed by atoms with Crippen LogP contribution in [-0.2, 0) is 4.79 Å². The summed E-state index contributed by atoms with van der Waals surface area (Å²) in [4.78, 5) is 25.8. The van der Waals surface area contributed by atoms with Crippen LogP contribution in [0.15, 0.2) is 47.4 Å². The maximum absolute atomic E-state index is 13.9. The molecule has 2 amide bonds. The van der Waals surface area contributed by atoms with E-state index in [0.29, 0.717) is 17.1 Å². The highest BCUT2D eigenvalue weighted by Gasteiger charge is 2.37. The van der Waals surface area contributed by atoms with Gasteiger partial charge in [0.1, 0.15) is 5.82 Å². The molecule has 0 atom stereocenters. The third kappa shape index (κ3) is 3.23. The number of benzene rings is 2. The number of carbonyl (C=O) groups excluding carboxylic acids is 2. The number of ether oxygens (including phenoxy) is 2. The topological polar surface area (TPSA) is 55.8 Å². The van der Waals surface area contributed by atoms with Gasteiger partial charge in [-0.2, -0.15) is 0 Å². The summed E-state index contributed by atoms with van der Waals surface area (Å²) in [5, 5.41) is -0.540. The molecule has 7 heteroatoms. The van der Waals surface area contributed by atoms with Gasteiger partial charge < -0.3 is 9.47 Å². The molecule has 0 N–H and O–H groups in total. The number of imide groups is 1. The van der Waals surface area contributed by atoms with Gasteiger partial charge in [-0.05, 0) is 47.7 Å². The summed E-state index contributed by atoms with van der Waals surface area (Å²) in [7, 11) is 3.03. The van der Waals surface area contributed by atoms with Crippen LogP contribution in [0.4, 0.5) is 14.9 Å². The number of rotatable bonds is 4. The lowest BCUT2D eigenvalue weighted by Gasteiger charge is -2.12. The minimum absolute atomic E-state index is 0.0549. The van der Waals surface area contributed by atoms with Gasteiger partial charge in [0.05, 0.1) is 24.8 Å². The quantitative estimate of drug-likeness (QED) is 0.770. The van der Waals surface area contributed by atoms with Gasteiger partial charge in [-0.25, -0.2) is 9.29 Å². The molecule has 1 fully saturated rings. The number of thioether (sulfide) groups is 1. The van der Waals surface area contributed by atoms with Gasteiger partial charge in [0, 0.05) is 0 Å². The van der Waals surface area contributed by atoms with E-state index in [2.05, 4.69) is 0 Å². The maximum atomic E-state index is 13.9. The molecule has 1 aliphatic heterocycles. The van der Waals surface area contributed by atoms with Crippen molar-refractivity contribution in [3.63, 3.8) is 0 Å². The van der Waals surface area contributed by atoms with Crippen molar-refractivity contribution in [2.45, 2.75) is 0 Å². The van der Waals surface area contributed by atoms with E-state index in [1.807, 2.05) is 0 Å². The van der Waals surface area contributed by atoms with E-state index < -0.39 is 17.0 Å². The molecule has 0 saturated carbocycles. The van der Waals surface area contributed by atoms with Gasteiger partial charge in [0.2, 0.25) is 0 Å². The molecule has 0 radical (unpaired) electrons. The van der Waals surface area contributed by atoms with Crippen molar-refractivity contribution in [1.82, 2.24) is 0 Å².